The van der Waals surface area contributed by atoms with E-state index in [1.807, 2.05) is 13.8 Å². The van der Waals surface area contributed by atoms with Gasteiger partial charge in [0, 0.05) is 19.1 Å². The molecule has 2 N–H and O–H groups in total. The zero-order chi connectivity index (χ0) is 13.3. The maximum Gasteiger partial charge on any atom is 0.358 e. The third kappa shape index (κ3) is 2.41. The lowest BCUT2D eigenvalue weighted by molar-refractivity contribution is 0.0690. The average Bonchev–Trinajstić information content (AvgIpc) is 2.62. The van der Waals surface area contributed by atoms with E-state index in [9.17, 15) is 9.59 Å². The normalized spacial score (nSPS) is 15.6. The van der Waals surface area contributed by atoms with Crippen LogP contribution in [0.1, 0.15) is 30.4 Å². The van der Waals surface area contributed by atoms with Gasteiger partial charge in [0.15, 0.2) is 5.69 Å². The van der Waals surface area contributed by atoms with Crippen LogP contribution in [-0.4, -0.2) is 56.1 Å². The van der Waals surface area contributed by atoms with Crippen molar-refractivity contribution in [1.29, 1.82) is 0 Å². The van der Waals surface area contributed by atoms with Gasteiger partial charge in [0.05, 0.1) is 12.2 Å². The fourth-order valence-electron chi connectivity index (χ4n) is 1.68. The van der Waals surface area contributed by atoms with Crippen LogP contribution in [0.3, 0.4) is 0 Å². The van der Waals surface area contributed by atoms with E-state index in [4.69, 9.17) is 5.11 Å². The molecule has 0 radical (unpaired) electrons. The van der Waals surface area contributed by atoms with Crippen molar-refractivity contribution >= 4 is 12.0 Å². The van der Waals surface area contributed by atoms with Crippen LogP contribution in [0.15, 0.2) is 6.20 Å². The Hall–Kier alpha value is -2.12. The number of urea groups is 1. The first-order chi connectivity index (χ1) is 8.47. The van der Waals surface area contributed by atoms with Gasteiger partial charge in [-0.05, 0) is 13.8 Å². The Morgan fingerprint density at radius 3 is 2.67 bits per heavy atom. The van der Waals surface area contributed by atoms with Gasteiger partial charge in [-0.15, -0.1) is 5.10 Å². The summed E-state index contributed by atoms with van der Waals surface area (Å²) in [6, 6.07) is -0.00938. The van der Waals surface area contributed by atoms with Crippen molar-refractivity contribution in [2.24, 2.45) is 0 Å². The Labute approximate surface area is 104 Å². The van der Waals surface area contributed by atoms with Gasteiger partial charge in [0.1, 0.15) is 0 Å². The molecule has 0 bridgehead atoms. The predicted octanol–water partition coefficient (Wildman–Crippen LogP) is -0.0490. The van der Waals surface area contributed by atoms with Crippen molar-refractivity contribution in [1.82, 2.24) is 25.2 Å². The number of nitrogens with zero attached hydrogens (tertiary/aromatic N) is 4. The van der Waals surface area contributed by atoms with E-state index in [2.05, 4.69) is 15.6 Å². The number of nitrogens with one attached hydrogen (secondary N) is 1. The summed E-state index contributed by atoms with van der Waals surface area (Å²) in [6.07, 6.45) is 1.38. The number of carboxylic acids is 1. The molecule has 0 atom stereocenters. The summed E-state index contributed by atoms with van der Waals surface area (Å²) >= 11 is 0. The van der Waals surface area contributed by atoms with Gasteiger partial charge in [-0.25, -0.2) is 14.3 Å². The van der Waals surface area contributed by atoms with Crippen LogP contribution in [0.2, 0.25) is 0 Å². The van der Waals surface area contributed by atoms with Gasteiger partial charge in [-0.3, -0.25) is 0 Å². The quantitative estimate of drug-likeness (QED) is 0.786. The molecule has 2 amide bonds. The monoisotopic (exact) mass is 253 g/mol. The number of carboxylic acid groups (broad SMARTS) is 1. The van der Waals surface area contributed by atoms with Gasteiger partial charge < -0.3 is 15.3 Å². The van der Waals surface area contributed by atoms with Crippen LogP contribution in [0, 0.1) is 0 Å². The van der Waals surface area contributed by atoms with E-state index < -0.39 is 5.97 Å². The number of carbonyl (C=O) groups is 2. The molecule has 0 aromatic carbocycles. The first-order valence-corrected chi connectivity index (χ1v) is 5.68. The number of rotatable bonds is 3. The molecule has 1 aliphatic rings. The van der Waals surface area contributed by atoms with Crippen molar-refractivity contribution in [3.8, 4) is 0 Å². The van der Waals surface area contributed by atoms with Crippen LogP contribution < -0.4 is 5.32 Å². The van der Waals surface area contributed by atoms with Crippen LogP contribution in [0.4, 0.5) is 4.79 Å². The number of hydrogen-bond acceptors (Lipinski definition) is 4. The Bertz CT molecular complexity index is 464. The van der Waals surface area contributed by atoms with Gasteiger partial charge in [-0.2, -0.15) is 0 Å². The SMILES string of the molecule is CC(C)NC(=O)N1CC(n2cc(C(=O)O)nn2)C1. The maximum absolute atomic E-state index is 11.6. The van der Waals surface area contributed by atoms with Gasteiger partial charge in [0.2, 0.25) is 0 Å². The summed E-state index contributed by atoms with van der Waals surface area (Å²) in [5, 5.41) is 18.8. The highest BCUT2D eigenvalue weighted by Gasteiger charge is 2.33. The van der Waals surface area contributed by atoms with Gasteiger partial charge in [0.25, 0.3) is 0 Å². The molecule has 1 aromatic heterocycles. The fourth-order valence-corrected chi connectivity index (χ4v) is 1.68. The second-order valence-corrected chi connectivity index (χ2v) is 4.55. The topological polar surface area (TPSA) is 100 Å². The third-order valence-corrected chi connectivity index (χ3v) is 2.67. The summed E-state index contributed by atoms with van der Waals surface area (Å²) in [5.41, 5.74) is -0.0833. The number of aromatic nitrogens is 3. The van der Waals surface area contributed by atoms with Crippen LogP contribution >= 0.6 is 0 Å². The number of likely N-dealkylation sites (tertiary alicyclic amines) is 1. The molecule has 0 aliphatic carbocycles. The lowest BCUT2D eigenvalue weighted by Crippen LogP contribution is -2.55. The minimum Gasteiger partial charge on any atom is -0.476 e. The zero-order valence-electron chi connectivity index (χ0n) is 10.2. The van der Waals surface area contributed by atoms with Crippen molar-refractivity contribution < 1.29 is 14.7 Å². The first kappa shape index (κ1) is 12.3. The van der Waals surface area contributed by atoms with Crippen LogP contribution in [0.25, 0.3) is 0 Å². The fraction of sp³-hybridized carbons (Fsp3) is 0.600. The Balaban J connectivity index is 1.88. The lowest BCUT2D eigenvalue weighted by atomic mass is 10.1. The van der Waals surface area contributed by atoms with Crippen molar-refractivity contribution in [3.63, 3.8) is 0 Å². The van der Waals surface area contributed by atoms with Gasteiger partial charge in [-0.1, -0.05) is 5.21 Å². The minimum absolute atomic E-state index is 0.00325. The molecule has 2 heterocycles. The molecule has 0 spiro atoms. The summed E-state index contributed by atoms with van der Waals surface area (Å²) in [5.74, 6) is -1.10. The first-order valence-electron chi connectivity index (χ1n) is 5.68. The van der Waals surface area contributed by atoms with E-state index >= 15 is 0 Å². The van der Waals surface area contributed by atoms with Crippen molar-refractivity contribution in [2.75, 3.05) is 13.1 Å². The van der Waals surface area contributed by atoms with E-state index in [0.717, 1.165) is 0 Å². The summed E-state index contributed by atoms with van der Waals surface area (Å²) < 4.78 is 1.49. The molecule has 0 unspecified atom stereocenters. The van der Waals surface area contributed by atoms with E-state index in [1.54, 1.807) is 4.90 Å². The third-order valence-electron chi connectivity index (χ3n) is 2.67. The molecule has 8 heteroatoms. The Morgan fingerprint density at radius 1 is 1.50 bits per heavy atom. The van der Waals surface area contributed by atoms with Crippen molar-refractivity contribution in [2.45, 2.75) is 25.9 Å². The van der Waals surface area contributed by atoms with Crippen LogP contribution in [0.5, 0.6) is 0 Å². The lowest BCUT2D eigenvalue weighted by Gasteiger charge is -2.39. The molecular weight excluding hydrogens is 238 g/mol. The van der Waals surface area contributed by atoms with Gasteiger partial charge >= 0.3 is 12.0 Å². The molecule has 8 nitrogen and oxygen atoms in total. The summed E-state index contributed by atoms with van der Waals surface area (Å²) in [6.45, 7) is 4.82. The highest BCUT2D eigenvalue weighted by Crippen LogP contribution is 2.20. The van der Waals surface area contributed by atoms with Crippen LogP contribution in [-0.2, 0) is 0 Å². The molecule has 18 heavy (non-hydrogen) atoms. The number of hydrogen-bond donors (Lipinski definition) is 2. The number of carbonyl (C=O) groups excluding carboxylic acids is 1. The highest BCUT2D eigenvalue weighted by molar-refractivity contribution is 5.84. The molecule has 0 saturated carbocycles. The van der Waals surface area contributed by atoms with Crippen molar-refractivity contribution in [3.05, 3.63) is 11.9 Å². The maximum atomic E-state index is 11.6. The average molecular weight is 253 g/mol. The molecular formula is C10H15N5O3. The minimum atomic E-state index is -1.10. The second kappa shape index (κ2) is 4.63. The molecule has 1 fully saturated rings. The molecule has 1 aromatic rings. The predicted molar refractivity (Wildman–Crippen MR) is 61.3 cm³/mol. The van der Waals surface area contributed by atoms with E-state index in [1.165, 1.54) is 10.9 Å². The standard InChI is InChI=1S/C10H15N5O3/c1-6(2)11-10(18)14-3-7(4-14)15-5-8(9(16)17)12-13-15/h5-7H,3-4H2,1-2H3,(H,11,18)(H,16,17). The Morgan fingerprint density at radius 2 is 2.17 bits per heavy atom. The van der Waals surface area contributed by atoms with E-state index in [0.29, 0.717) is 13.1 Å². The smallest absolute Gasteiger partial charge is 0.358 e. The molecule has 2 rings (SSSR count). The second-order valence-electron chi connectivity index (χ2n) is 4.55. The zero-order valence-corrected chi connectivity index (χ0v) is 10.2. The molecule has 1 aliphatic heterocycles. The van der Waals surface area contributed by atoms with E-state index in [-0.39, 0.29) is 23.8 Å². The molecule has 1 saturated heterocycles. The molecule has 98 valence electrons. The Kier molecular flexibility index (Phi) is 3.17. The number of aromatic carboxylic acids is 1. The highest BCUT2D eigenvalue weighted by atomic mass is 16.4. The summed E-state index contributed by atoms with van der Waals surface area (Å²) in [4.78, 5) is 23.9. The number of amides is 2. The summed E-state index contributed by atoms with van der Waals surface area (Å²) in [7, 11) is 0. The largest absolute Gasteiger partial charge is 0.476 e.